The van der Waals surface area contributed by atoms with Gasteiger partial charge in [-0.15, -0.1) is 0 Å². The lowest BCUT2D eigenvalue weighted by molar-refractivity contribution is 0.281. The minimum Gasteiger partial charge on any atom is -0.495 e. The fourth-order valence-corrected chi connectivity index (χ4v) is 4.43. The van der Waals surface area contributed by atoms with Crippen LogP contribution >= 0.6 is 11.6 Å². The summed E-state index contributed by atoms with van der Waals surface area (Å²) in [5, 5.41) is 10.3. The van der Waals surface area contributed by atoms with Crippen molar-refractivity contribution >= 4 is 28.8 Å². The number of fused-ring (bicyclic) bond motifs is 1. The molecule has 0 saturated carbocycles. The number of methoxy groups -OCH3 is 1. The number of imidazole rings is 1. The molecule has 9 heteroatoms. The van der Waals surface area contributed by atoms with Crippen LogP contribution in [-0.2, 0) is 6.61 Å². The van der Waals surface area contributed by atoms with Crippen molar-refractivity contribution < 1.29 is 14.2 Å². The first-order valence-electron chi connectivity index (χ1n) is 10.6. The maximum Gasteiger partial charge on any atom is 0.214 e. The van der Waals surface area contributed by atoms with E-state index in [-0.39, 0.29) is 6.61 Å². The van der Waals surface area contributed by atoms with E-state index in [9.17, 15) is 9.50 Å². The third-order valence-corrected chi connectivity index (χ3v) is 6.23. The molecule has 0 spiro atoms. The minimum atomic E-state index is -0.460. The Hall–Kier alpha value is -3.36. The SMILES string of the molecule is COc1cc(CO)c(-c2cn3ccc(N4CCN(c5cccc(F)n5)CC4)cc3n2)cc1Cl. The summed E-state index contributed by atoms with van der Waals surface area (Å²) >= 11 is 6.32. The third-order valence-electron chi connectivity index (χ3n) is 5.94. The zero-order chi connectivity index (χ0) is 22.9. The topological polar surface area (TPSA) is 66.1 Å². The number of hydrogen-bond donors (Lipinski definition) is 1. The van der Waals surface area contributed by atoms with E-state index in [0.717, 1.165) is 48.8 Å². The number of ether oxygens (including phenoxy) is 1. The van der Waals surface area contributed by atoms with Crippen LogP contribution in [0.5, 0.6) is 5.75 Å². The molecule has 1 aliphatic rings. The molecule has 0 atom stereocenters. The number of benzene rings is 1. The summed E-state index contributed by atoms with van der Waals surface area (Å²) in [6.07, 6.45) is 3.90. The predicted molar refractivity (Wildman–Crippen MR) is 127 cm³/mol. The Morgan fingerprint density at radius 2 is 1.85 bits per heavy atom. The number of piperazine rings is 1. The van der Waals surface area contributed by atoms with Gasteiger partial charge in [0.15, 0.2) is 0 Å². The molecule has 4 aromatic rings. The molecule has 0 amide bonds. The van der Waals surface area contributed by atoms with Crippen LogP contribution in [0.3, 0.4) is 0 Å². The lowest BCUT2D eigenvalue weighted by Gasteiger charge is -2.36. The quantitative estimate of drug-likeness (QED) is 0.447. The number of nitrogens with zero attached hydrogens (tertiary/aromatic N) is 5. The van der Waals surface area contributed by atoms with Crippen LogP contribution in [0.4, 0.5) is 15.9 Å². The summed E-state index contributed by atoms with van der Waals surface area (Å²) in [4.78, 5) is 13.1. The van der Waals surface area contributed by atoms with Crippen LogP contribution in [0.15, 0.2) is 54.9 Å². The smallest absolute Gasteiger partial charge is 0.214 e. The summed E-state index contributed by atoms with van der Waals surface area (Å²) in [6, 6.07) is 12.5. The number of halogens is 2. The van der Waals surface area contributed by atoms with Crippen LogP contribution in [0.2, 0.25) is 5.02 Å². The highest BCUT2D eigenvalue weighted by atomic mass is 35.5. The maximum absolute atomic E-state index is 13.5. The number of aromatic nitrogens is 3. The van der Waals surface area contributed by atoms with Crippen molar-refractivity contribution in [1.82, 2.24) is 14.4 Å². The molecule has 170 valence electrons. The minimum absolute atomic E-state index is 0.146. The third kappa shape index (κ3) is 4.19. The van der Waals surface area contributed by atoms with E-state index in [1.807, 2.05) is 28.9 Å². The fourth-order valence-electron chi connectivity index (χ4n) is 4.19. The molecule has 7 nitrogen and oxygen atoms in total. The van der Waals surface area contributed by atoms with Gasteiger partial charge >= 0.3 is 0 Å². The molecular formula is C24H23ClFN5O2. The highest BCUT2D eigenvalue weighted by Gasteiger charge is 2.20. The Morgan fingerprint density at radius 3 is 2.58 bits per heavy atom. The molecule has 1 aromatic carbocycles. The number of aliphatic hydroxyl groups is 1. The van der Waals surface area contributed by atoms with Gasteiger partial charge in [-0.05, 0) is 35.9 Å². The number of aliphatic hydroxyl groups excluding tert-OH is 1. The number of pyridine rings is 2. The average Bonchev–Trinajstić information content (AvgIpc) is 3.27. The maximum atomic E-state index is 13.5. The molecule has 1 N–H and O–H groups in total. The summed E-state index contributed by atoms with van der Waals surface area (Å²) in [5.74, 6) is 0.724. The fraction of sp³-hybridized carbons (Fsp3) is 0.250. The number of anilines is 2. The molecule has 1 saturated heterocycles. The molecule has 4 heterocycles. The van der Waals surface area contributed by atoms with Crippen molar-refractivity contribution in [3.63, 3.8) is 0 Å². The lowest BCUT2D eigenvalue weighted by Crippen LogP contribution is -2.46. The van der Waals surface area contributed by atoms with Gasteiger partial charge in [-0.1, -0.05) is 17.7 Å². The van der Waals surface area contributed by atoms with Crippen LogP contribution < -0.4 is 14.5 Å². The largest absolute Gasteiger partial charge is 0.495 e. The molecule has 33 heavy (non-hydrogen) atoms. The Bertz CT molecular complexity index is 1300. The van der Waals surface area contributed by atoms with E-state index in [1.54, 1.807) is 25.3 Å². The Kier molecular flexibility index (Phi) is 5.78. The normalized spacial score (nSPS) is 14.2. The van der Waals surface area contributed by atoms with Gasteiger partial charge in [0.05, 0.1) is 24.4 Å². The molecule has 0 aliphatic carbocycles. The van der Waals surface area contributed by atoms with Gasteiger partial charge in [0.1, 0.15) is 17.2 Å². The summed E-state index contributed by atoms with van der Waals surface area (Å²) < 4.78 is 20.7. The second-order valence-electron chi connectivity index (χ2n) is 7.87. The van der Waals surface area contributed by atoms with E-state index >= 15 is 0 Å². The zero-order valence-corrected chi connectivity index (χ0v) is 18.8. The van der Waals surface area contributed by atoms with E-state index in [2.05, 4.69) is 20.9 Å². The Balaban J connectivity index is 1.38. The van der Waals surface area contributed by atoms with E-state index < -0.39 is 5.95 Å². The first-order valence-corrected chi connectivity index (χ1v) is 11.0. The molecular weight excluding hydrogens is 445 g/mol. The zero-order valence-electron chi connectivity index (χ0n) is 18.1. The van der Waals surface area contributed by atoms with Gasteiger partial charge in [-0.2, -0.15) is 4.39 Å². The molecule has 0 unspecified atom stereocenters. The van der Waals surface area contributed by atoms with Gasteiger partial charge in [0, 0.05) is 55.9 Å². The van der Waals surface area contributed by atoms with Crippen molar-refractivity contribution in [2.75, 3.05) is 43.1 Å². The summed E-state index contributed by atoms with van der Waals surface area (Å²) in [6.45, 7) is 2.96. The molecule has 1 fully saturated rings. The summed E-state index contributed by atoms with van der Waals surface area (Å²) in [5.41, 5.74) is 4.06. The predicted octanol–water partition coefficient (Wildman–Crippen LogP) is 4.02. The molecule has 1 aliphatic heterocycles. The Morgan fingerprint density at radius 1 is 1.06 bits per heavy atom. The Labute approximate surface area is 195 Å². The van der Waals surface area contributed by atoms with Crippen molar-refractivity contribution in [3.05, 3.63) is 71.4 Å². The van der Waals surface area contributed by atoms with E-state index in [1.165, 1.54) is 6.07 Å². The van der Waals surface area contributed by atoms with Gasteiger partial charge in [0.25, 0.3) is 0 Å². The second-order valence-corrected chi connectivity index (χ2v) is 8.28. The lowest BCUT2D eigenvalue weighted by atomic mass is 10.1. The molecule has 5 rings (SSSR count). The van der Waals surface area contributed by atoms with Gasteiger partial charge < -0.3 is 24.0 Å². The highest BCUT2D eigenvalue weighted by Crippen LogP contribution is 2.34. The average molecular weight is 468 g/mol. The van der Waals surface area contributed by atoms with Gasteiger partial charge in [-0.3, -0.25) is 0 Å². The van der Waals surface area contributed by atoms with Crippen molar-refractivity contribution in [3.8, 4) is 17.0 Å². The van der Waals surface area contributed by atoms with E-state index in [4.69, 9.17) is 21.3 Å². The standard InChI is InChI=1S/C24H23ClFN5O2/c1-33-21-11-16(15-32)18(13-19(21)25)20-14-31-6-5-17(12-24(31)27-20)29-7-9-30(10-8-29)23-4-2-3-22(26)28-23/h2-6,11-14,32H,7-10,15H2,1H3. The van der Waals surface area contributed by atoms with Gasteiger partial charge in [-0.25, -0.2) is 9.97 Å². The highest BCUT2D eigenvalue weighted by molar-refractivity contribution is 6.32. The molecule has 3 aromatic heterocycles. The first kappa shape index (κ1) is 21.5. The van der Waals surface area contributed by atoms with Crippen LogP contribution in [0.1, 0.15) is 5.56 Å². The van der Waals surface area contributed by atoms with Crippen molar-refractivity contribution in [1.29, 1.82) is 0 Å². The van der Waals surface area contributed by atoms with Crippen LogP contribution in [0.25, 0.3) is 16.9 Å². The second kappa shape index (κ2) is 8.88. The molecule has 0 bridgehead atoms. The van der Waals surface area contributed by atoms with Crippen molar-refractivity contribution in [2.45, 2.75) is 6.61 Å². The van der Waals surface area contributed by atoms with Crippen LogP contribution in [-0.4, -0.2) is 52.8 Å². The number of hydrogen-bond acceptors (Lipinski definition) is 6. The van der Waals surface area contributed by atoms with Gasteiger partial charge in [0.2, 0.25) is 5.95 Å². The van der Waals surface area contributed by atoms with E-state index in [0.29, 0.717) is 22.2 Å². The monoisotopic (exact) mass is 467 g/mol. The number of rotatable bonds is 5. The summed E-state index contributed by atoms with van der Waals surface area (Å²) in [7, 11) is 1.54. The molecule has 0 radical (unpaired) electrons. The first-order chi connectivity index (χ1) is 16.1. The van der Waals surface area contributed by atoms with Crippen LogP contribution in [0, 0.1) is 5.95 Å². The van der Waals surface area contributed by atoms with Crippen molar-refractivity contribution in [2.24, 2.45) is 0 Å².